The number of aromatic nitrogens is 3. The van der Waals surface area contributed by atoms with Crippen LogP contribution in [0.5, 0.6) is 0 Å². The Morgan fingerprint density at radius 2 is 2.00 bits per heavy atom. The van der Waals surface area contributed by atoms with Crippen LogP contribution >= 0.6 is 0 Å². The van der Waals surface area contributed by atoms with E-state index in [1.54, 1.807) is 6.20 Å². The molecule has 2 aromatic rings. The molecular formula is C21H27N5O3. The van der Waals surface area contributed by atoms with Gasteiger partial charge in [0.25, 0.3) is 5.91 Å². The standard InChI is InChI=1S/C21H27N5O3/c27-19(25-10-12-28-13-11-25)18-16-26-9-6-23-20(26)21(29-18)3-7-24(8-4-21)15-17-2-1-5-22-14-17/h1-2,5-6,9,14,18H,3-4,7-8,10-13,15-16H2. The van der Waals surface area contributed by atoms with Crippen LogP contribution in [0.15, 0.2) is 36.9 Å². The van der Waals surface area contributed by atoms with Crippen molar-refractivity contribution in [2.75, 3.05) is 39.4 Å². The van der Waals surface area contributed by atoms with Crippen LogP contribution in [0, 0.1) is 0 Å². The highest BCUT2D eigenvalue weighted by atomic mass is 16.5. The highest BCUT2D eigenvalue weighted by molar-refractivity contribution is 5.81. The molecule has 0 aliphatic carbocycles. The Morgan fingerprint density at radius 3 is 2.76 bits per heavy atom. The zero-order valence-electron chi connectivity index (χ0n) is 16.6. The van der Waals surface area contributed by atoms with Crippen molar-refractivity contribution >= 4 is 5.91 Å². The quantitative estimate of drug-likeness (QED) is 0.770. The van der Waals surface area contributed by atoms with Crippen LogP contribution in [0.4, 0.5) is 0 Å². The Labute approximate surface area is 170 Å². The van der Waals surface area contributed by atoms with Crippen molar-refractivity contribution in [3.05, 3.63) is 48.3 Å². The first-order chi connectivity index (χ1) is 14.2. The number of carbonyl (C=O) groups is 1. The molecule has 0 radical (unpaired) electrons. The number of carbonyl (C=O) groups excluding carboxylic acids is 1. The average molecular weight is 397 g/mol. The number of nitrogens with zero attached hydrogens (tertiary/aromatic N) is 5. The van der Waals surface area contributed by atoms with Crippen LogP contribution in [0.1, 0.15) is 24.2 Å². The third-order valence-corrected chi connectivity index (χ3v) is 6.24. The number of imidazole rings is 1. The Kier molecular flexibility index (Phi) is 5.07. The monoisotopic (exact) mass is 397 g/mol. The molecular weight excluding hydrogens is 370 g/mol. The molecule has 154 valence electrons. The summed E-state index contributed by atoms with van der Waals surface area (Å²) < 4.78 is 14.1. The van der Waals surface area contributed by atoms with Crippen molar-refractivity contribution in [3.63, 3.8) is 0 Å². The van der Waals surface area contributed by atoms with Crippen LogP contribution in [0.3, 0.4) is 0 Å². The van der Waals surface area contributed by atoms with E-state index in [-0.39, 0.29) is 5.91 Å². The van der Waals surface area contributed by atoms with Crippen molar-refractivity contribution in [2.45, 2.75) is 37.6 Å². The maximum atomic E-state index is 13.1. The Bertz CT molecular complexity index is 841. The molecule has 8 nitrogen and oxygen atoms in total. The third-order valence-electron chi connectivity index (χ3n) is 6.24. The van der Waals surface area contributed by atoms with Gasteiger partial charge in [0.05, 0.1) is 19.8 Å². The van der Waals surface area contributed by atoms with Crippen LogP contribution in [-0.2, 0) is 33.0 Å². The van der Waals surface area contributed by atoms with Crippen LogP contribution in [0.2, 0.25) is 0 Å². The Balaban J connectivity index is 1.31. The second-order valence-corrected chi connectivity index (χ2v) is 8.08. The minimum Gasteiger partial charge on any atom is -0.378 e. The Morgan fingerprint density at radius 1 is 1.17 bits per heavy atom. The van der Waals surface area contributed by atoms with Gasteiger partial charge in [-0.25, -0.2) is 4.98 Å². The van der Waals surface area contributed by atoms with E-state index in [0.29, 0.717) is 32.8 Å². The minimum atomic E-state index is -0.486. The molecule has 0 saturated carbocycles. The number of ether oxygens (including phenoxy) is 2. The number of amides is 1. The fourth-order valence-corrected chi connectivity index (χ4v) is 4.68. The van der Waals surface area contributed by atoms with E-state index in [2.05, 4.69) is 25.5 Å². The SMILES string of the molecule is O=C(C1Cn2ccnc2C2(CCN(Cc3cccnc3)CC2)O1)N1CCOCC1. The van der Waals surface area contributed by atoms with Gasteiger partial charge in [0.1, 0.15) is 11.4 Å². The van der Waals surface area contributed by atoms with Gasteiger partial charge in [0, 0.05) is 57.5 Å². The zero-order valence-corrected chi connectivity index (χ0v) is 16.6. The van der Waals surface area contributed by atoms with Crippen LogP contribution in [0.25, 0.3) is 0 Å². The van der Waals surface area contributed by atoms with E-state index in [4.69, 9.17) is 9.47 Å². The summed E-state index contributed by atoms with van der Waals surface area (Å²) in [5.41, 5.74) is 0.731. The molecule has 0 aromatic carbocycles. The molecule has 29 heavy (non-hydrogen) atoms. The molecule has 3 aliphatic rings. The summed E-state index contributed by atoms with van der Waals surface area (Å²) in [7, 11) is 0. The van der Waals surface area contributed by atoms with E-state index < -0.39 is 11.7 Å². The summed E-state index contributed by atoms with van der Waals surface area (Å²) in [5.74, 6) is 1.04. The van der Waals surface area contributed by atoms with Crippen molar-refractivity contribution in [1.82, 2.24) is 24.3 Å². The van der Waals surface area contributed by atoms with Gasteiger partial charge in [-0.2, -0.15) is 0 Å². The molecule has 1 amide bonds. The average Bonchev–Trinajstić information content (AvgIpc) is 3.26. The third kappa shape index (κ3) is 3.68. The fraction of sp³-hybridized carbons (Fsp3) is 0.571. The number of pyridine rings is 1. The summed E-state index contributed by atoms with van der Waals surface area (Å²) in [6.45, 7) is 5.71. The smallest absolute Gasteiger partial charge is 0.253 e. The van der Waals surface area contributed by atoms with Gasteiger partial charge in [-0.3, -0.25) is 14.7 Å². The van der Waals surface area contributed by atoms with Crippen LogP contribution in [-0.4, -0.2) is 75.7 Å². The van der Waals surface area contributed by atoms with Crippen molar-refractivity contribution in [3.8, 4) is 0 Å². The Hall–Kier alpha value is -2.29. The second kappa shape index (κ2) is 7.85. The minimum absolute atomic E-state index is 0.0739. The highest BCUT2D eigenvalue weighted by Crippen LogP contribution is 2.40. The highest BCUT2D eigenvalue weighted by Gasteiger charge is 2.47. The normalized spacial score (nSPS) is 24.4. The van der Waals surface area contributed by atoms with Gasteiger partial charge in [0.15, 0.2) is 6.10 Å². The number of rotatable bonds is 3. The first kappa shape index (κ1) is 18.7. The maximum absolute atomic E-state index is 13.1. The van der Waals surface area contributed by atoms with Gasteiger partial charge in [-0.05, 0) is 24.5 Å². The number of likely N-dealkylation sites (tertiary alicyclic amines) is 1. The van der Waals surface area contributed by atoms with E-state index in [9.17, 15) is 4.79 Å². The number of piperidine rings is 1. The fourth-order valence-electron chi connectivity index (χ4n) is 4.68. The molecule has 1 unspecified atom stereocenters. The number of hydrogen-bond acceptors (Lipinski definition) is 6. The number of fused-ring (bicyclic) bond motifs is 2. The topological polar surface area (TPSA) is 72.7 Å². The van der Waals surface area contributed by atoms with E-state index in [1.165, 1.54) is 5.56 Å². The molecule has 0 bridgehead atoms. The van der Waals surface area contributed by atoms with Crippen LogP contribution < -0.4 is 0 Å². The maximum Gasteiger partial charge on any atom is 0.253 e. The lowest BCUT2D eigenvalue weighted by Crippen LogP contribution is -2.55. The predicted molar refractivity (Wildman–Crippen MR) is 105 cm³/mol. The van der Waals surface area contributed by atoms with Gasteiger partial charge < -0.3 is 18.9 Å². The molecule has 3 aliphatic heterocycles. The molecule has 8 heteroatoms. The molecule has 5 rings (SSSR count). The van der Waals surface area contributed by atoms with E-state index in [0.717, 1.165) is 38.3 Å². The van der Waals surface area contributed by atoms with Gasteiger partial charge >= 0.3 is 0 Å². The molecule has 1 spiro atoms. The lowest BCUT2D eigenvalue weighted by Gasteiger charge is -2.46. The lowest BCUT2D eigenvalue weighted by molar-refractivity contribution is -0.183. The predicted octanol–water partition coefficient (Wildman–Crippen LogP) is 1.03. The number of morpholine rings is 1. The van der Waals surface area contributed by atoms with Crippen molar-refractivity contribution in [2.24, 2.45) is 0 Å². The summed E-state index contributed by atoms with van der Waals surface area (Å²) in [6.07, 6.45) is 8.72. The van der Waals surface area contributed by atoms with Crippen molar-refractivity contribution in [1.29, 1.82) is 0 Å². The number of hydrogen-bond donors (Lipinski definition) is 0. The molecule has 2 aromatic heterocycles. The first-order valence-electron chi connectivity index (χ1n) is 10.4. The van der Waals surface area contributed by atoms with E-state index >= 15 is 0 Å². The molecule has 2 fully saturated rings. The second-order valence-electron chi connectivity index (χ2n) is 8.08. The van der Waals surface area contributed by atoms with Gasteiger partial charge in [-0.1, -0.05) is 6.07 Å². The largest absolute Gasteiger partial charge is 0.378 e. The summed E-state index contributed by atoms with van der Waals surface area (Å²) in [5, 5.41) is 0. The molecule has 5 heterocycles. The lowest BCUT2D eigenvalue weighted by atomic mass is 9.88. The summed E-state index contributed by atoms with van der Waals surface area (Å²) in [6, 6.07) is 4.09. The molecule has 0 N–H and O–H groups in total. The molecule has 2 saturated heterocycles. The first-order valence-corrected chi connectivity index (χ1v) is 10.4. The van der Waals surface area contributed by atoms with E-state index in [1.807, 2.05) is 29.6 Å². The summed E-state index contributed by atoms with van der Waals surface area (Å²) in [4.78, 5) is 26.2. The van der Waals surface area contributed by atoms with Gasteiger partial charge in [0.2, 0.25) is 0 Å². The molecule has 1 atom stereocenters. The van der Waals surface area contributed by atoms with Gasteiger partial charge in [-0.15, -0.1) is 0 Å². The zero-order chi connectivity index (χ0) is 19.7. The van der Waals surface area contributed by atoms with Crippen molar-refractivity contribution < 1.29 is 14.3 Å². The summed E-state index contributed by atoms with van der Waals surface area (Å²) >= 11 is 0.